The van der Waals surface area contributed by atoms with Crippen LogP contribution in [0.25, 0.3) is 27.5 Å². The molecule has 0 aromatic heterocycles. The number of carbonyl (C=O) groups excluding carboxylic acids is 1. The highest BCUT2D eigenvalue weighted by Crippen LogP contribution is 2.45. The average molecular weight is 474 g/mol. The summed E-state index contributed by atoms with van der Waals surface area (Å²) >= 11 is 0. The van der Waals surface area contributed by atoms with Gasteiger partial charge in [0.2, 0.25) is 0 Å². The van der Waals surface area contributed by atoms with E-state index >= 15 is 0 Å². The van der Waals surface area contributed by atoms with Gasteiger partial charge in [-0.2, -0.15) is 0 Å². The van der Waals surface area contributed by atoms with E-state index < -0.39 is 0 Å². The van der Waals surface area contributed by atoms with Gasteiger partial charge in [0.15, 0.2) is 0 Å². The van der Waals surface area contributed by atoms with Crippen LogP contribution in [0.1, 0.15) is 29.0 Å². The number of nitrogens with zero attached hydrogens (tertiary/aromatic N) is 1. The normalized spacial score (nSPS) is 20.6. The summed E-state index contributed by atoms with van der Waals surface area (Å²) in [6.07, 6.45) is 2.72. The first-order valence-corrected chi connectivity index (χ1v) is 12.7. The van der Waals surface area contributed by atoms with Crippen molar-refractivity contribution in [1.29, 1.82) is 0 Å². The topological polar surface area (TPSA) is 38.8 Å². The summed E-state index contributed by atoms with van der Waals surface area (Å²) in [6, 6.07) is 31.6. The lowest BCUT2D eigenvalue weighted by Crippen LogP contribution is -2.56. The van der Waals surface area contributed by atoms with Gasteiger partial charge in [-0.25, -0.2) is 4.79 Å². The minimum atomic E-state index is -0.247. The van der Waals surface area contributed by atoms with E-state index in [1.54, 1.807) is 0 Å². The maximum atomic E-state index is 13.5. The predicted octanol–water partition coefficient (Wildman–Crippen LogP) is 6.65. The number of fused-ring (bicyclic) bond motifs is 6. The van der Waals surface area contributed by atoms with Crippen LogP contribution in [-0.2, 0) is 9.47 Å². The van der Waals surface area contributed by atoms with Crippen LogP contribution < -0.4 is 0 Å². The molecule has 4 heteroatoms. The number of rotatable bonds is 3. The molecule has 4 aromatic rings. The third-order valence-electron chi connectivity index (χ3n) is 7.88. The Morgan fingerprint density at radius 2 is 1.47 bits per heavy atom. The predicted molar refractivity (Wildman–Crippen MR) is 142 cm³/mol. The Hall–Kier alpha value is -3.89. The number of carbonyl (C=O) groups is 1. The van der Waals surface area contributed by atoms with Crippen LogP contribution in [0.5, 0.6) is 0 Å². The van der Waals surface area contributed by atoms with E-state index in [2.05, 4.69) is 97.1 Å². The van der Waals surface area contributed by atoms with E-state index in [0.29, 0.717) is 19.8 Å². The molecule has 7 rings (SSSR count). The minimum absolute atomic E-state index is 0.0293. The van der Waals surface area contributed by atoms with Crippen molar-refractivity contribution in [2.24, 2.45) is 0 Å². The zero-order chi connectivity index (χ0) is 24.1. The lowest BCUT2D eigenvalue weighted by molar-refractivity contribution is -0.0331. The van der Waals surface area contributed by atoms with Crippen LogP contribution >= 0.6 is 0 Å². The Balaban J connectivity index is 1.14. The van der Waals surface area contributed by atoms with Gasteiger partial charge in [-0.3, -0.25) is 4.90 Å². The second kappa shape index (κ2) is 8.65. The van der Waals surface area contributed by atoms with E-state index in [1.165, 1.54) is 44.2 Å². The summed E-state index contributed by atoms with van der Waals surface area (Å²) in [4.78, 5) is 15.4. The molecule has 4 nitrogen and oxygen atoms in total. The van der Waals surface area contributed by atoms with E-state index in [1.807, 2.05) is 4.90 Å². The van der Waals surface area contributed by atoms with Gasteiger partial charge < -0.3 is 9.47 Å². The van der Waals surface area contributed by atoms with Gasteiger partial charge in [-0.15, -0.1) is 0 Å². The molecule has 36 heavy (non-hydrogen) atoms. The fraction of sp³-hybridized carbons (Fsp3) is 0.219. The van der Waals surface area contributed by atoms with Crippen molar-refractivity contribution in [2.75, 3.05) is 19.8 Å². The van der Waals surface area contributed by atoms with Gasteiger partial charge in [0.25, 0.3) is 0 Å². The maximum Gasteiger partial charge on any atom is 0.410 e. The molecule has 1 amide bonds. The Kier molecular flexibility index (Phi) is 5.14. The monoisotopic (exact) mass is 473 g/mol. The molecule has 0 saturated carbocycles. The number of ether oxygens (including phenoxy) is 2. The van der Waals surface area contributed by atoms with Crippen LogP contribution in [-0.4, -0.2) is 42.9 Å². The molecule has 4 aromatic carbocycles. The molecule has 2 atom stereocenters. The van der Waals surface area contributed by atoms with Crippen molar-refractivity contribution >= 4 is 22.4 Å². The van der Waals surface area contributed by atoms with Crippen LogP contribution in [0.15, 0.2) is 97.1 Å². The van der Waals surface area contributed by atoms with Crippen molar-refractivity contribution in [3.63, 3.8) is 0 Å². The highest BCUT2D eigenvalue weighted by Gasteiger charge is 2.40. The standard InChI is InChI=1S/C32H27NO3/c34-32(36-20-31-29-13-5-3-11-27(29)28-12-4-6-14-30(28)31)33-23-16-22(17-24(33)19-35-18-23)26-15-7-9-21-8-1-2-10-25(21)26/h1-16,23-24,31H,17-20H2. The number of hydrogen-bond donors (Lipinski definition) is 0. The minimum Gasteiger partial charge on any atom is -0.448 e. The first-order chi connectivity index (χ1) is 17.8. The van der Waals surface area contributed by atoms with E-state index in [4.69, 9.17) is 9.47 Å². The molecule has 1 aliphatic carbocycles. The number of benzene rings is 4. The third-order valence-corrected chi connectivity index (χ3v) is 7.88. The molecular formula is C32H27NO3. The zero-order valence-electron chi connectivity index (χ0n) is 20.0. The molecule has 178 valence electrons. The first kappa shape index (κ1) is 21.4. The first-order valence-electron chi connectivity index (χ1n) is 12.7. The van der Waals surface area contributed by atoms with Crippen molar-refractivity contribution in [3.8, 4) is 11.1 Å². The lowest BCUT2D eigenvalue weighted by Gasteiger charge is -2.44. The SMILES string of the molecule is O=C(OCC1c2ccccc2-c2ccccc21)N1C2C=C(c3cccc4ccccc34)CC1COC2. The van der Waals surface area contributed by atoms with Gasteiger partial charge in [-0.1, -0.05) is 97.1 Å². The van der Waals surface area contributed by atoms with Gasteiger partial charge in [0.1, 0.15) is 6.61 Å². The molecule has 2 unspecified atom stereocenters. The second-order valence-corrected chi connectivity index (χ2v) is 9.89. The quantitative estimate of drug-likeness (QED) is 0.335. The Bertz CT molecular complexity index is 1460. The Labute approximate surface area is 210 Å². The van der Waals surface area contributed by atoms with Crippen molar-refractivity contribution in [1.82, 2.24) is 4.90 Å². The fourth-order valence-corrected chi connectivity index (χ4v) is 6.25. The molecule has 0 N–H and O–H groups in total. The molecule has 2 aliphatic heterocycles. The molecule has 1 fully saturated rings. The third kappa shape index (κ3) is 3.44. The summed E-state index contributed by atoms with van der Waals surface area (Å²) in [5.41, 5.74) is 7.46. The number of morpholine rings is 1. The fourth-order valence-electron chi connectivity index (χ4n) is 6.25. The highest BCUT2D eigenvalue weighted by atomic mass is 16.6. The largest absolute Gasteiger partial charge is 0.448 e. The molecule has 0 spiro atoms. The van der Waals surface area contributed by atoms with E-state index in [9.17, 15) is 4.79 Å². The van der Waals surface area contributed by atoms with Gasteiger partial charge in [0, 0.05) is 5.92 Å². The number of hydrogen-bond acceptors (Lipinski definition) is 3. The van der Waals surface area contributed by atoms with Crippen LogP contribution in [0.4, 0.5) is 4.79 Å². The molecule has 1 saturated heterocycles. The molecule has 0 radical (unpaired) electrons. The second-order valence-electron chi connectivity index (χ2n) is 9.89. The van der Waals surface area contributed by atoms with Crippen LogP contribution in [0, 0.1) is 0 Å². The average Bonchev–Trinajstić information content (AvgIpc) is 3.24. The van der Waals surface area contributed by atoms with Gasteiger partial charge in [0.05, 0.1) is 25.3 Å². The summed E-state index contributed by atoms with van der Waals surface area (Å²) in [5.74, 6) is 0.0593. The van der Waals surface area contributed by atoms with E-state index in [-0.39, 0.29) is 24.1 Å². The maximum absolute atomic E-state index is 13.5. The van der Waals surface area contributed by atoms with Crippen LogP contribution in [0.3, 0.4) is 0 Å². The zero-order valence-corrected chi connectivity index (χ0v) is 20.0. The van der Waals surface area contributed by atoms with Crippen molar-refractivity contribution < 1.29 is 14.3 Å². The van der Waals surface area contributed by atoms with Gasteiger partial charge in [-0.05, 0) is 50.6 Å². The van der Waals surface area contributed by atoms with Crippen LogP contribution in [0.2, 0.25) is 0 Å². The lowest BCUT2D eigenvalue weighted by atomic mass is 9.88. The number of amides is 1. The summed E-state index contributed by atoms with van der Waals surface area (Å²) < 4.78 is 11.9. The van der Waals surface area contributed by atoms with Crippen molar-refractivity contribution in [3.05, 3.63) is 114 Å². The summed E-state index contributed by atoms with van der Waals surface area (Å²) in [5, 5.41) is 2.48. The Morgan fingerprint density at radius 3 is 2.25 bits per heavy atom. The summed E-state index contributed by atoms with van der Waals surface area (Å²) in [7, 11) is 0. The molecular weight excluding hydrogens is 446 g/mol. The van der Waals surface area contributed by atoms with Crippen molar-refractivity contribution in [2.45, 2.75) is 24.4 Å². The Morgan fingerprint density at radius 1 is 0.806 bits per heavy atom. The van der Waals surface area contributed by atoms with E-state index in [0.717, 1.165) is 6.42 Å². The molecule has 3 aliphatic rings. The smallest absolute Gasteiger partial charge is 0.410 e. The summed E-state index contributed by atoms with van der Waals surface area (Å²) in [6.45, 7) is 1.36. The molecule has 2 heterocycles. The van der Waals surface area contributed by atoms with Gasteiger partial charge >= 0.3 is 6.09 Å². The molecule has 2 bridgehead atoms. The highest BCUT2D eigenvalue weighted by molar-refractivity contribution is 5.94.